The lowest BCUT2D eigenvalue weighted by Crippen LogP contribution is -2.53. The van der Waals surface area contributed by atoms with Gasteiger partial charge in [-0.2, -0.15) is 0 Å². The van der Waals surface area contributed by atoms with Gasteiger partial charge in [0, 0.05) is 59.9 Å². The smallest absolute Gasteiger partial charge is 0.219 e. The van der Waals surface area contributed by atoms with Crippen LogP contribution in [-0.4, -0.2) is 82.4 Å². The molecule has 1 aromatic heterocycles. The van der Waals surface area contributed by atoms with Crippen LogP contribution in [-0.2, 0) is 23.1 Å². The van der Waals surface area contributed by atoms with E-state index in [0.29, 0.717) is 6.54 Å². The number of ether oxygens (including phenoxy) is 1. The van der Waals surface area contributed by atoms with Crippen molar-refractivity contribution in [1.82, 2.24) is 29.9 Å². The maximum absolute atomic E-state index is 11.5. The van der Waals surface area contributed by atoms with Gasteiger partial charge in [0.15, 0.2) is 11.8 Å². The van der Waals surface area contributed by atoms with Gasteiger partial charge in [0.2, 0.25) is 5.91 Å². The number of piperazine rings is 1. The highest BCUT2D eigenvalue weighted by Crippen LogP contribution is 2.05. The molecule has 1 aromatic rings. The van der Waals surface area contributed by atoms with Gasteiger partial charge >= 0.3 is 0 Å². The van der Waals surface area contributed by atoms with Crippen molar-refractivity contribution in [3.05, 3.63) is 11.6 Å². The topological polar surface area (TPSA) is 87.9 Å². The van der Waals surface area contributed by atoms with E-state index in [4.69, 9.17) is 9.73 Å². The third kappa shape index (κ3) is 7.24. The van der Waals surface area contributed by atoms with E-state index in [-0.39, 0.29) is 29.9 Å². The van der Waals surface area contributed by atoms with E-state index in [9.17, 15) is 4.79 Å². The number of carbonyl (C=O) groups excluding carboxylic acids is 1. The molecule has 1 N–H and O–H groups in total. The van der Waals surface area contributed by atoms with Crippen molar-refractivity contribution in [1.29, 1.82) is 0 Å². The maximum Gasteiger partial charge on any atom is 0.219 e. The van der Waals surface area contributed by atoms with Crippen LogP contribution in [0.2, 0.25) is 0 Å². The molecule has 2 heterocycles. The second-order valence-corrected chi connectivity index (χ2v) is 6.33. The molecule has 1 aliphatic rings. The van der Waals surface area contributed by atoms with Crippen LogP contribution in [0.5, 0.6) is 0 Å². The van der Waals surface area contributed by atoms with Gasteiger partial charge in [0.1, 0.15) is 12.4 Å². The number of guanidine groups is 1. The largest absolute Gasteiger partial charge is 0.382 e. The number of aromatic nitrogens is 3. The van der Waals surface area contributed by atoms with Gasteiger partial charge in [0.25, 0.3) is 0 Å². The van der Waals surface area contributed by atoms with Crippen LogP contribution in [0.3, 0.4) is 0 Å². The summed E-state index contributed by atoms with van der Waals surface area (Å²) >= 11 is 0. The summed E-state index contributed by atoms with van der Waals surface area (Å²) in [5.74, 6) is 2.68. The standard InChI is InChI=1S/C17H31N7O2.HI/c1-5-26-12-6-7-18-17(19-13-16-21-20-14(2)22(16)4)24-10-8-23(9-11-24)15(3)25;/h5-13H2,1-4H3,(H,18,19);1H. The summed E-state index contributed by atoms with van der Waals surface area (Å²) in [6.07, 6.45) is 0.920. The van der Waals surface area contributed by atoms with E-state index in [0.717, 1.165) is 70.0 Å². The average molecular weight is 493 g/mol. The number of hydrogen-bond donors (Lipinski definition) is 1. The number of halogens is 1. The first-order valence-electron chi connectivity index (χ1n) is 9.24. The van der Waals surface area contributed by atoms with Gasteiger partial charge in [-0.05, 0) is 20.3 Å². The number of hydrogen-bond acceptors (Lipinski definition) is 5. The molecule has 0 unspecified atom stereocenters. The highest BCUT2D eigenvalue weighted by molar-refractivity contribution is 14.0. The summed E-state index contributed by atoms with van der Waals surface area (Å²) in [5, 5.41) is 11.7. The molecule has 2 rings (SSSR count). The summed E-state index contributed by atoms with van der Waals surface area (Å²) < 4.78 is 7.34. The van der Waals surface area contributed by atoms with Crippen molar-refractivity contribution in [3.63, 3.8) is 0 Å². The first-order valence-corrected chi connectivity index (χ1v) is 9.24. The Morgan fingerprint density at radius 2 is 1.89 bits per heavy atom. The molecule has 27 heavy (non-hydrogen) atoms. The molecular formula is C17H32IN7O2. The predicted molar refractivity (Wildman–Crippen MR) is 115 cm³/mol. The summed E-state index contributed by atoms with van der Waals surface area (Å²) in [5.41, 5.74) is 0. The van der Waals surface area contributed by atoms with E-state index in [1.54, 1.807) is 6.92 Å². The molecule has 154 valence electrons. The molecule has 0 bridgehead atoms. The molecule has 1 amide bonds. The van der Waals surface area contributed by atoms with Crippen molar-refractivity contribution in [3.8, 4) is 0 Å². The van der Waals surface area contributed by atoms with Gasteiger partial charge in [-0.25, -0.2) is 4.99 Å². The second-order valence-electron chi connectivity index (χ2n) is 6.33. The lowest BCUT2D eigenvalue weighted by Gasteiger charge is -2.36. The van der Waals surface area contributed by atoms with Crippen molar-refractivity contribution in [2.75, 3.05) is 45.9 Å². The zero-order valence-corrected chi connectivity index (χ0v) is 19.1. The van der Waals surface area contributed by atoms with Crippen molar-refractivity contribution < 1.29 is 9.53 Å². The van der Waals surface area contributed by atoms with Crippen LogP contribution in [0.4, 0.5) is 0 Å². The lowest BCUT2D eigenvalue weighted by molar-refractivity contribution is -0.130. The highest BCUT2D eigenvalue weighted by atomic mass is 127. The minimum absolute atomic E-state index is 0. The number of amides is 1. The van der Waals surface area contributed by atoms with Crippen LogP contribution in [0.25, 0.3) is 0 Å². The number of carbonyl (C=O) groups is 1. The van der Waals surface area contributed by atoms with Crippen LogP contribution < -0.4 is 5.32 Å². The summed E-state index contributed by atoms with van der Waals surface area (Å²) in [6, 6.07) is 0. The first-order chi connectivity index (χ1) is 12.5. The first kappa shape index (κ1) is 23.6. The Bertz CT molecular complexity index is 612. The van der Waals surface area contributed by atoms with Gasteiger partial charge < -0.3 is 24.4 Å². The van der Waals surface area contributed by atoms with Gasteiger partial charge in [-0.15, -0.1) is 34.2 Å². The highest BCUT2D eigenvalue weighted by Gasteiger charge is 2.21. The minimum Gasteiger partial charge on any atom is -0.382 e. The van der Waals surface area contributed by atoms with Gasteiger partial charge in [-0.3, -0.25) is 4.79 Å². The monoisotopic (exact) mass is 493 g/mol. The number of nitrogens with one attached hydrogen (secondary N) is 1. The molecule has 9 nitrogen and oxygen atoms in total. The van der Waals surface area contributed by atoms with E-state index in [2.05, 4.69) is 20.4 Å². The SMILES string of the molecule is CCOCCCNC(=NCc1nnc(C)n1C)N1CCN(C(C)=O)CC1.I. The third-order valence-corrected chi connectivity index (χ3v) is 4.53. The van der Waals surface area contributed by atoms with Crippen molar-refractivity contribution in [2.24, 2.45) is 12.0 Å². The molecule has 0 saturated carbocycles. The van der Waals surface area contributed by atoms with Crippen LogP contribution >= 0.6 is 24.0 Å². The molecule has 0 spiro atoms. The number of aliphatic imine (C=N–C) groups is 1. The van der Waals surface area contributed by atoms with Crippen molar-refractivity contribution in [2.45, 2.75) is 33.7 Å². The van der Waals surface area contributed by atoms with E-state index < -0.39 is 0 Å². The Kier molecular flexibility index (Phi) is 10.6. The lowest BCUT2D eigenvalue weighted by atomic mass is 10.3. The summed E-state index contributed by atoms with van der Waals surface area (Å²) in [7, 11) is 1.95. The average Bonchev–Trinajstić information content (AvgIpc) is 2.96. The molecule has 1 aliphatic heterocycles. The van der Waals surface area contributed by atoms with Crippen LogP contribution in [0.15, 0.2) is 4.99 Å². The summed E-state index contributed by atoms with van der Waals surface area (Å²) in [4.78, 5) is 20.3. The predicted octanol–water partition coefficient (Wildman–Crippen LogP) is 0.778. The maximum atomic E-state index is 11.5. The Morgan fingerprint density at radius 3 is 2.44 bits per heavy atom. The van der Waals surface area contributed by atoms with Crippen molar-refractivity contribution >= 4 is 35.8 Å². The summed E-state index contributed by atoms with van der Waals surface area (Å²) in [6.45, 7) is 11.3. The molecule has 0 aliphatic carbocycles. The number of nitrogens with zero attached hydrogens (tertiary/aromatic N) is 6. The second kappa shape index (κ2) is 12.1. The molecule has 0 atom stereocenters. The quantitative estimate of drug-likeness (QED) is 0.262. The Balaban J connectivity index is 0.00000364. The Labute approximate surface area is 178 Å². The van der Waals surface area contributed by atoms with Crippen LogP contribution in [0.1, 0.15) is 31.9 Å². The van der Waals surface area contributed by atoms with E-state index >= 15 is 0 Å². The van der Waals surface area contributed by atoms with Gasteiger partial charge in [-0.1, -0.05) is 0 Å². The number of aryl methyl sites for hydroxylation is 1. The fourth-order valence-electron chi connectivity index (χ4n) is 2.75. The zero-order chi connectivity index (χ0) is 18.9. The van der Waals surface area contributed by atoms with E-state index in [1.165, 1.54) is 0 Å². The Hall–Kier alpha value is -1.43. The fourth-order valence-corrected chi connectivity index (χ4v) is 2.75. The molecule has 1 saturated heterocycles. The zero-order valence-electron chi connectivity index (χ0n) is 16.8. The van der Waals surface area contributed by atoms with E-state index in [1.807, 2.05) is 30.4 Å². The Morgan fingerprint density at radius 1 is 1.22 bits per heavy atom. The molecular weight excluding hydrogens is 461 g/mol. The molecule has 0 radical (unpaired) electrons. The number of rotatable bonds is 7. The van der Waals surface area contributed by atoms with Gasteiger partial charge in [0.05, 0.1) is 0 Å². The molecule has 1 fully saturated rings. The fraction of sp³-hybridized carbons (Fsp3) is 0.765. The minimum atomic E-state index is 0. The normalized spacial score (nSPS) is 14.9. The molecule has 10 heteroatoms. The molecule has 0 aromatic carbocycles. The van der Waals surface area contributed by atoms with Crippen LogP contribution in [0, 0.1) is 6.92 Å². The third-order valence-electron chi connectivity index (χ3n) is 4.53.